The lowest BCUT2D eigenvalue weighted by Crippen LogP contribution is -2.24. The highest BCUT2D eigenvalue weighted by atomic mass is 16.5. The van der Waals surface area contributed by atoms with E-state index in [-0.39, 0.29) is 11.3 Å². The quantitative estimate of drug-likeness (QED) is 0.802. The Labute approximate surface area is 93.4 Å². The Bertz CT molecular complexity index is 392. The van der Waals surface area contributed by atoms with Crippen LogP contribution in [0.5, 0.6) is 5.88 Å². The van der Waals surface area contributed by atoms with Gasteiger partial charge >= 0.3 is 5.97 Å². The second-order valence-electron chi connectivity index (χ2n) is 4.50. The van der Waals surface area contributed by atoms with Crippen LogP contribution in [0.25, 0.3) is 0 Å². The summed E-state index contributed by atoms with van der Waals surface area (Å²) in [4.78, 5) is 10.9. The maximum atomic E-state index is 10.9. The van der Waals surface area contributed by atoms with Crippen LogP contribution in [0.15, 0.2) is 4.52 Å². The van der Waals surface area contributed by atoms with Crippen LogP contribution in [-0.4, -0.2) is 23.3 Å². The summed E-state index contributed by atoms with van der Waals surface area (Å²) in [5, 5.41) is 12.6. The van der Waals surface area contributed by atoms with Crippen molar-refractivity contribution in [1.82, 2.24) is 5.16 Å². The van der Waals surface area contributed by atoms with Crippen molar-refractivity contribution in [2.45, 2.75) is 32.2 Å². The summed E-state index contributed by atoms with van der Waals surface area (Å²) in [5.41, 5.74) is 5.49. The van der Waals surface area contributed by atoms with Crippen molar-refractivity contribution in [3.05, 3.63) is 11.3 Å². The minimum atomic E-state index is -1.20. The molecule has 0 aliphatic rings. The number of rotatable bonds is 3. The Morgan fingerprint density at radius 2 is 2.12 bits per heavy atom. The number of nitrogens with two attached hydrogens (primary N) is 1. The van der Waals surface area contributed by atoms with Crippen LogP contribution in [-0.2, 0) is 10.2 Å². The van der Waals surface area contributed by atoms with Gasteiger partial charge in [-0.3, -0.25) is 4.79 Å². The number of carbonyl (C=O) groups is 1. The second kappa shape index (κ2) is 4.13. The molecule has 16 heavy (non-hydrogen) atoms. The Morgan fingerprint density at radius 3 is 2.50 bits per heavy atom. The standard InChI is InChI=1S/C10H16N2O4/c1-10(2,3)7-5(6(11)9(13)14)8(15-4)12-16-7/h6H,11H2,1-4H3,(H,13,14). The Kier molecular flexibility index (Phi) is 3.23. The van der Waals surface area contributed by atoms with Crippen molar-refractivity contribution in [3.63, 3.8) is 0 Å². The van der Waals surface area contributed by atoms with E-state index in [9.17, 15) is 4.79 Å². The first-order chi connectivity index (χ1) is 7.29. The molecule has 0 amide bonds. The number of carboxylic acid groups (broad SMARTS) is 1. The third-order valence-corrected chi connectivity index (χ3v) is 2.15. The van der Waals surface area contributed by atoms with Gasteiger partial charge < -0.3 is 20.1 Å². The highest BCUT2D eigenvalue weighted by Crippen LogP contribution is 2.34. The molecular weight excluding hydrogens is 212 g/mol. The number of methoxy groups -OCH3 is 1. The molecule has 0 aliphatic heterocycles. The number of ether oxygens (including phenoxy) is 1. The van der Waals surface area contributed by atoms with Gasteiger partial charge in [0.25, 0.3) is 5.88 Å². The van der Waals surface area contributed by atoms with Gasteiger partial charge in [0.05, 0.1) is 12.7 Å². The van der Waals surface area contributed by atoms with Crippen LogP contribution < -0.4 is 10.5 Å². The highest BCUT2D eigenvalue weighted by Gasteiger charge is 2.33. The molecule has 6 heteroatoms. The molecule has 1 heterocycles. The third kappa shape index (κ3) is 2.16. The number of nitrogens with zero attached hydrogens (tertiary/aromatic N) is 1. The van der Waals surface area contributed by atoms with Crippen molar-refractivity contribution in [3.8, 4) is 5.88 Å². The summed E-state index contributed by atoms with van der Waals surface area (Å²) < 4.78 is 10.0. The van der Waals surface area contributed by atoms with E-state index in [2.05, 4.69) is 5.16 Å². The van der Waals surface area contributed by atoms with E-state index in [0.717, 1.165) is 0 Å². The molecule has 3 N–H and O–H groups in total. The summed E-state index contributed by atoms with van der Waals surface area (Å²) in [7, 11) is 1.39. The van der Waals surface area contributed by atoms with Crippen LogP contribution in [0.1, 0.15) is 38.1 Å². The number of hydrogen-bond acceptors (Lipinski definition) is 5. The molecule has 1 rings (SSSR count). The fourth-order valence-corrected chi connectivity index (χ4v) is 1.37. The molecule has 90 valence electrons. The van der Waals surface area contributed by atoms with Gasteiger partial charge in [-0.2, -0.15) is 0 Å². The molecule has 0 radical (unpaired) electrons. The van der Waals surface area contributed by atoms with Crippen LogP contribution >= 0.6 is 0 Å². The van der Waals surface area contributed by atoms with Gasteiger partial charge in [-0.15, -0.1) is 0 Å². The zero-order chi connectivity index (χ0) is 12.5. The Balaban J connectivity index is 3.32. The van der Waals surface area contributed by atoms with E-state index in [4.69, 9.17) is 20.1 Å². The Morgan fingerprint density at radius 1 is 1.56 bits per heavy atom. The maximum absolute atomic E-state index is 10.9. The van der Waals surface area contributed by atoms with Gasteiger partial charge in [-0.25, -0.2) is 0 Å². The number of hydrogen-bond donors (Lipinski definition) is 2. The molecule has 6 nitrogen and oxygen atoms in total. The lowest BCUT2D eigenvalue weighted by atomic mass is 9.88. The average molecular weight is 228 g/mol. The van der Waals surface area contributed by atoms with E-state index in [0.29, 0.717) is 11.3 Å². The fourth-order valence-electron chi connectivity index (χ4n) is 1.37. The molecule has 0 aromatic carbocycles. The van der Waals surface area contributed by atoms with Crippen LogP contribution in [0.3, 0.4) is 0 Å². The van der Waals surface area contributed by atoms with Crippen LogP contribution in [0, 0.1) is 0 Å². The summed E-state index contributed by atoms with van der Waals surface area (Å²) in [5.74, 6) is -0.592. The lowest BCUT2D eigenvalue weighted by molar-refractivity contribution is -0.138. The van der Waals surface area contributed by atoms with Crippen molar-refractivity contribution in [2.24, 2.45) is 5.73 Å². The average Bonchev–Trinajstić information content (AvgIpc) is 2.58. The van der Waals surface area contributed by atoms with Gasteiger partial charge in [0, 0.05) is 5.41 Å². The zero-order valence-corrected chi connectivity index (χ0v) is 9.77. The van der Waals surface area contributed by atoms with E-state index >= 15 is 0 Å². The topological polar surface area (TPSA) is 98.6 Å². The van der Waals surface area contributed by atoms with Gasteiger partial charge in [0.1, 0.15) is 6.04 Å². The molecule has 0 spiro atoms. The van der Waals surface area contributed by atoms with Crippen molar-refractivity contribution < 1.29 is 19.2 Å². The summed E-state index contributed by atoms with van der Waals surface area (Å²) in [6.45, 7) is 5.64. The predicted octanol–water partition coefficient (Wildman–Crippen LogP) is 1.07. The zero-order valence-electron chi connectivity index (χ0n) is 9.77. The lowest BCUT2D eigenvalue weighted by Gasteiger charge is -2.17. The molecule has 0 fully saturated rings. The van der Waals surface area contributed by atoms with E-state index in [1.807, 2.05) is 20.8 Å². The summed E-state index contributed by atoms with van der Waals surface area (Å²) in [6.07, 6.45) is 0. The summed E-state index contributed by atoms with van der Waals surface area (Å²) in [6, 6.07) is -1.20. The number of aromatic nitrogens is 1. The molecule has 1 unspecified atom stereocenters. The first-order valence-corrected chi connectivity index (χ1v) is 4.81. The minimum Gasteiger partial charge on any atom is -0.480 e. The predicted molar refractivity (Wildman–Crippen MR) is 56.3 cm³/mol. The Hall–Kier alpha value is -1.56. The van der Waals surface area contributed by atoms with Gasteiger partial charge in [0.15, 0.2) is 5.76 Å². The molecule has 0 saturated heterocycles. The molecule has 1 atom stereocenters. The van der Waals surface area contributed by atoms with Crippen molar-refractivity contribution in [2.75, 3.05) is 7.11 Å². The normalized spacial score (nSPS) is 13.6. The van der Waals surface area contributed by atoms with Crippen molar-refractivity contribution >= 4 is 5.97 Å². The first kappa shape index (κ1) is 12.5. The molecule has 0 saturated carbocycles. The summed E-state index contributed by atoms with van der Waals surface area (Å²) >= 11 is 0. The van der Waals surface area contributed by atoms with E-state index in [1.165, 1.54) is 7.11 Å². The molecule has 1 aromatic rings. The number of aliphatic carboxylic acids is 1. The first-order valence-electron chi connectivity index (χ1n) is 4.81. The van der Waals surface area contributed by atoms with E-state index in [1.54, 1.807) is 0 Å². The second-order valence-corrected chi connectivity index (χ2v) is 4.50. The highest BCUT2D eigenvalue weighted by molar-refractivity contribution is 5.76. The van der Waals surface area contributed by atoms with Crippen LogP contribution in [0.4, 0.5) is 0 Å². The van der Waals surface area contributed by atoms with Crippen LogP contribution in [0.2, 0.25) is 0 Å². The molecule has 0 aliphatic carbocycles. The monoisotopic (exact) mass is 228 g/mol. The largest absolute Gasteiger partial charge is 0.480 e. The van der Waals surface area contributed by atoms with Crippen molar-refractivity contribution in [1.29, 1.82) is 0 Å². The fraction of sp³-hybridized carbons (Fsp3) is 0.600. The molecular formula is C10H16N2O4. The third-order valence-electron chi connectivity index (χ3n) is 2.15. The van der Waals surface area contributed by atoms with Gasteiger partial charge in [0.2, 0.25) is 0 Å². The number of carboxylic acids is 1. The smallest absolute Gasteiger partial charge is 0.325 e. The molecule has 1 aromatic heterocycles. The maximum Gasteiger partial charge on any atom is 0.325 e. The minimum absolute atomic E-state index is 0.125. The SMILES string of the molecule is COc1noc(C(C)(C)C)c1C(N)C(=O)O. The van der Waals surface area contributed by atoms with Gasteiger partial charge in [-0.1, -0.05) is 20.8 Å². The van der Waals surface area contributed by atoms with Gasteiger partial charge in [-0.05, 0) is 5.16 Å². The van der Waals surface area contributed by atoms with E-state index < -0.39 is 12.0 Å². The molecule has 0 bridgehead atoms.